The predicted octanol–water partition coefficient (Wildman–Crippen LogP) is 2.36. The van der Waals surface area contributed by atoms with Gasteiger partial charge in [0, 0.05) is 10.5 Å². The first kappa shape index (κ1) is 14.4. The van der Waals surface area contributed by atoms with Crippen molar-refractivity contribution in [2.75, 3.05) is 0 Å². The zero-order valence-corrected chi connectivity index (χ0v) is 11.7. The molecule has 0 saturated heterocycles. The van der Waals surface area contributed by atoms with E-state index in [0.29, 0.717) is 0 Å². The van der Waals surface area contributed by atoms with Crippen LogP contribution in [0.25, 0.3) is 6.08 Å². The van der Waals surface area contributed by atoms with Crippen LogP contribution in [0.5, 0.6) is 0 Å². The molecule has 0 aromatic heterocycles. The van der Waals surface area contributed by atoms with Gasteiger partial charge in [0.15, 0.2) is 0 Å². The molecule has 0 aliphatic carbocycles. The molecule has 0 aliphatic rings. The number of carboxylic acids is 1. The molecule has 0 fully saturated rings. The largest absolute Gasteiger partial charge is 0.480 e. The monoisotopic (exact) mass is 311 g/mol. The number of aliphatic carboxylic acids is 1. The predicted molar refractivity (Wildman–Crippen MR) is 73.2 cm³/mol. The van der Waals surface area contributed by atoms with Crippen LogP contribution in [0.3, 0.4) is 0 Å². The first-order valence-electron chi connectivity index (χ1n) is 5.37. The summed E-state index contributed by atoms with van der Waals surface area (Å²) in [4.78, 5) is 22.0. The Labute approximate surface area is 114 Å². The Hall–Kier alpha value is -1.62. The van der Waals surface area contributed by atoms with Crippen molar-refractivity contribution in [1.82, 2.24) is 5.32 Å². The van der Waals surface area contributed by atoms with Crippen LogP contribution >= 0.6 is 15.9 Å². The molecule has 1 rings (SSSR count). The molecule has 1 amide bonds. The number of carboxylic acid groups (broad SMARTS) is 1. The summed E-state index contributed by atoms with van der Waals surface area (Å²) in [7, 11) is 0. The highest BCUT2D eigenvalue weighted by Crippen LogP contribution is 2.19. The molecule has 0 spiro atoms. The number of amides is 1. The molecule has 0 saturated carbocycles. The maximum atomic E-state index is 11.4. The van der Waals surface area contributed by atoms with Crippen molar-refractivity contribution in [3.05, 3.63) is 39.9 Å². The van der Waals surface area contributed by atoms with Gasteiger partial charge in [0.05, 0.1) is 0 Å². The highest BCUT2D eigenvalue weighted by Gasteiger charge is 2.11. The van der Waals surface area contributed by atoms with E-state index in [1.54, 1.807) is 6.08 Å². The molecular weight excluding hydrogens is 298 g/mol. The normalized spacial score (nSPS) is 12.4. The van der Waals surface area contributed by atoms with Gasteiger partial charge in [-0.15, -0.1) is 0 Å². The molecule has 1 atom stereocenters. The molecule has 18 heavy (non-hydrogen) atoms. The Morgan fingerprint density at radius 2 is 2.11 bits per heavy atom. The third-order valence-corrected chi connectivity index (χ3v) is 2.99. The first-order valence-corrected chi connectivity index (χ1v) is 6.17. The van der Waals surface area contributed by atoms with Gasteiger partial charge in [-0.1, -0.05) is 28.1 Å². The Bertz CT molecular complexity index is 497. The SMILES string of the molecule is Cc1ccc(/C=C/C(=O)NC(C)C(=O)O)c(Br)c1. The van der Waals surface area contributed by atoms with Crippen molar-refractivity contribution in [3.8, 4) is 0 Å². The fourth-order valence-corrected chi connectivity index (χ4v) is 1.88. The van der Waals surface area contributed by atoms with Crippen molar-refractivity contribution >= 4 is 33.9 Å². The summed E-state index contributed by atoms with van der Waals surface area (Å²) in [6.45, 7) is 3.38. The minimum Gasteiger partial charge on any atom is -0.480 e. The lowest BCUT2D eigenvalue weighted by molar-refractivity contribution is -0.140. The van der Waals surface area contributed by atoms with E-state index < -0.39 is 17.9 Å². The number of carbonyl (C=O) groups is 2. The molecule has 1 unspecified atom stereocenters. The van der Waals surface area contributed by atoms with E-state index in [9.17, 15) is 9.59 Å². The van der Waals surface area contributed by atoms with Gasteiger partial charge in [0.1, 0.15) is 6.04 Å². The zero-order chi connectivity index (χ0) is 13.7. The van der Waals surface area contributed by atoms with E-state index in [2.05, 4.69) is 21.2 Å². The fraction of sp³-hybridized carbons (Fsp3) is 0.231. The molecule has 2 N–H and O–H groups in total. The van der Waals surface area contributed by atoms with Gasteiger partial charge in [-0.25, -0.2) is 0 Å². The highest BCUT2D eigenvalue weighted by atomic mass is 79.9. The lowest BCUT2D eigenvalue weighted by Crippen LogP contribution is -2.37. The topological polar surface area (TPSA) is 66.4 Å². The van der Waals surface area contributed by atoms with Gasteiger partial charge >= 0.3 is 5.97 Å². The van der Waals surface area contributed by atoms with Gasteiger partial charge in [-0.3, -0.25) is 9.59 Å². The Morgan fingerprint density at radius 1 is 1.44 bits per heavy atom. The summed E-state index contributed by atoms with van der Waals surface area (Å²) in [5.41, 5.74) is 1.97. The summed E-state index contributed by atoms with van der Waals surface area (Å²) in [6, 6.07) is 4.85. The van der Waals surface area contributed by atoms with E-state index in [0.717, 1.165) is 15.6 Å². The Morgan fingerprint density at radius 3 is 2.67 bits per heavy atom. The van der Waals surface area contributed by atoms with Gasteiger partial charge < -0.3 is 10.4 Å². The minimum absolute atomic E-state index is 0.433. The fourth-order valence-electron chi connectivity index (χ4n) is 1.26. The number of halogens is 1. The number of hydrogen-bond acceptors (Lipinski definition) is 2. The van der Waals surface area contributed by atoms with Crippen molar-refractivity contribution in [2.24, 2.45) is 0 Å². The quantitative estimate of drug-likeness (QED) is 0.839. The number of aryl methyl sites for hydroxylation is 1. The van der Waals surface area contributed by atoms with Crippen LogP contribution in [0.2, 0.25) is 0 Å². The van der Waals surface area contributed by atoms with Crippen molar-refractivity contribution < 1.29 is 14.7 Å². The van der Waals surface area contributed by atoms with Crippen molar-refractivity contribution in [1.29, 1.82) is 0 Å². The van der Waals surface area contributed by atoms with Crippen molar-refractivity contribution in [2.45, 2.75) is 19.9 Å². The van der Waals surface area contributed by atoms with E-state index >= 15 is 0 Å². The lowest BCUT2D eigenvalue weighted by atomic mass is 10.1. The molecule has 1 aromatic rings. The molecule has 4 nitrogen and oxygen atoms in total. The van der Waals surface area contributed by atoms with Crippen LogP contribution in [0, 0.1) is 6.92 Å². The van der Waals surface area contributed by atoms with Crippen LogP contribution in [0.4, 0.5) is 0 Å². The van der Waals surface area contributed by atoms with Gasteiger partial charge in [0.25, 0.3) is 0 Å². The number of nitrogens with one attached hydrogen (secondary N) is 1. The molecule has 0 heterocycles. The number of rotatable bonds is 4. The van der Waals surface area contributed by atoms with E-state index in [4.69, 9.17) is 5.11 Å². The molecular formula is C13H14BrNO3. The average Bonchev–Trinajstić information content (AvgIpc) is 2.27. The lowest BCUT2D eigenvalue weighted by Gasteiger charge is -2.06. The second kappa shape index (κ2) is 6.35. The van der Waals surface area contributed by atoms with E-state index in [-0.39, 0.29) is 0 Å². The van der Waals surface area contributed by atoms with Crippen LogP contribution in [0.15, 0.2) is 28.7 Å². The smallest absolute Gasteiger partial charge is 0.325 e. The van der Waals surface area contributed by atoms with Crippen LogP contribution < -0.4 is 5.32 Å². The summed E-state index contributed by atoms with van der Waals surface area (Å²) in [5, 5.41) is 11.0. The molecule has 96 valence electrons. The van der Waals surface area contributed by atoms with Crippen LogP contribution in [-0.4, -0.2) is 23.0 Å². The third-order valence-electron chi connectivity index (χ3n) is 2.30. The zero-order valence-electron chi connectivity index (χ0n) is 10.1. The van der Waals surface area contributed by atoms with Crippen LogP contribution in [0.1, 0.15) is 18.1 Å². The molecule has 1 aromatic carbocycles. The van der Waals surface area contributed by atoms with Gasteiger partial charge in [-0.05, 0) is 37.1 Å². The Balaban J connectivity index is 2.69. The van der Waals surface area contributed by atoms with E-state index in [1.807, 2.05) is 25.1 Å². The average molecular weight is 312 g/mol. The minimum atomic E-state index is -1.06. The number of carbonyl (C=O) groups excluding carboxylic acids is 1. The second-order valence-electron chi connectivity index (χ2n) is 3.93. The van der Waals surface area contributed by atoms with Crippen LogP contribution in [-0.2, 0) is 9.59 Å². The summed E-state index contributed by atoms with van der Waals surface area (Å²) < 4.78 is 0.887. The first-order chi connectivity index (χ1) is 8.40. The van der Waals surface area contributed by atoms with Gasteiger partial charge in [-0.2, -0.15) is 0 Å². The molecule has 0 aliphatic heterocycles. The summed E-state index contributed by atoms with van der Waals surface area (Å²) in [6.07, 6.45) is 2.95. The Kier molecular flexibility index (Phi) is 5.09. The molecule has 0 bridgehead atoms. The van der Waals surface area contributed by atoms with Gasteiger partial charge in [0.2, 0.25) is 5.91 Å². The maximum Gasteiger partial charge on any atom is 0.325 e. The molecule has 5 heteroatoms. The summed E-state index contributed by atoms with van der Waals surface area (Å²) in [5.74, 6) is -1.49. The number of benzene rings is 1. The van der Waals surface area contributed by atoms with Crippen molar-refractivity contribution in [3.63, 3.8) is 0 Å². The summed E-state index contributed by atoms with van der Waals surface area (Å²) >= 11 is 3.39. The highest BCUT2D eigenvalue weighted by molar-refractivity contribution is 9.10. The molecule has 0 radical (unpaired) electrons. The standard InChI is InChI=1S/C13H14BrNO3/c1-8-3-4-10(11(14)7-8)5-6-12(16)15-9(2)13(17)18/h3-7,9H,1-2H3,(H,15,16)(H,17,18)/b6-5+. The third kappa shape index (κ3) is 4.33. The van der Waals surface area contributed by atoms with E-state index in [1.165, 1.54) is 13.0 Å². The number of hydrogen-bond donors (Lipinski definition) is 2. The maximum absolute atomic E-state index is 11.4. The second-order valence-corrected chi connectivity index (χ2v) is 4.78.